The van der Waals surface area contributed by atoms with Gasteiger partial charge in [-0.2, -0.15) is 0 Å². The Morgan fingerprint density at radius 3 is 2.85 bits per heavy atom. The van der Waals surface area contributed by atoms with Crippen LogP contribution in [0.3, 0.4) is 0 Å². The molecule has 2 aromatic heterocycles. The van der Waals surface area contributed by atoms with Gasteiger partial charge in [0, 0.05) is 25.2 Å². The van der Waals surface area contributed by atoms with Gasteiger partial charge in [0.1, 0.15) is 12.4 Å². The van der Waals surface area contributed by atoms with E-state index >= 15 is 0 Å². The van der Waals surface area contributed by atoms with Crippen LogP contribution in [0.2, 0.25) is 0 Å². The van der Waals surface area contributed by atoms with Crippen LogP contribution in [-0.4, -0.2) is 51.2 Å². The highest BCUT2D eigenvalue weighted by Gasteiger charge is 2.34. The molecule has 27 heavy (non-hydrogen) atoms. The van der Waals surface area contributed by atoms with Gasteiger partial charge in [-0.25, -0.2) is 0 Å². The summed E-state index contributed by atoms with van der Waals surface area (Å²) in [6.07, 6.45) is 3.29. The Hall–Kier alpha value is -3.09. The third-order valence-corrected chi connectivity index (χ3v) is 5.22. The molecule has 0 radical (unpaired) electrons. The van der Waals surface area contributed by atoms with Crippen LogP contribution in [-0.2, 0) is 4.79 Å². The van der Waals surface area contributed by atoms with Crippen molar-refractivity contribution in [3.05, 3.63) is 54.5 Å². The molecule has 4 heterocycles. The number of carbonyl (C=O) groups is 1. The van der Waals surface area contributed by atoms with Crippen molar-refractivity contribution in [1.82, 2.24) is 19.5 Å². The molecule has 1 aromatic carbocycles. The largest absolute Gasteiger partial charge is 0.485 e. The summed E-state index contributed by atoms with van der Waals surface area (Å²) in [6, 6.07) is 13.3. The van der Waals surface area contributed by atoms with E-state index in [-0.39, 0.29) is 18.4 Å². The summed E-state index contributed by atoms with van der Waals surface area (Å²) in [7, 11) is 0. The average molecular weight is 364 g/mol. The van der Waals surface area contributed by atoms with Crippen molar-refractivity contribution in [3.63, 3.8) is 0 Å². The van der Waals surface area contributed by atoms with E-state index in [0.717, 1.165) is 30.9 Å². The summed E-state index contributed by atoms with van der Waals surface area (Å²) in [5, 5.41) is 8.62. The highest BCUT2D eigenvalue weighted by atomic mass is 16.6. The maximum absolute atomic E-state index is 13.0. The van der Waals surface area contributed by atoms with Gasteiger partial charge in [0.2, 0.25) is 6.10 Å². The minimum absolute atomic E-state index is 0.0250. The molecule has 0 unspecified atom stereocenters. The van der Waals surface area contributed by atoms with E-state index < -0.39 is 6.10 Å². The SMILES string of the molecule is O=C([C@@H]1COc2ccccc2O1)N1CCC[C@@H](c2nnc3ccccn23)C1. The van der Waals surface area contributed by atoms with Gasteiger partial charge in [-0.05, 0) is 37.1 Å². The first-order chi connectivity index (χ1) is 13.3. The highest BCUT2D eigenvalue weighted by molar-refractivity contribution is 5.82. The highest BCUT2D eigenvalue weighted by Crippen LogP contribution is 2.32. The number of piperidine rings is 1. The van der Waals surface area contributed by atoms with Gasteiger partial charge in [0.05, 0.1) is 0 Å². The van der Waals surface area contributed by atoms with Crippen molar-refractivity contribution in [3.8, 4) is 11.5 Å². The number of fused-ring (bicyclic) bond motifs is 2. The zero-order chi connectivity index (χ0) is 18.2. The van der Waals surface area contributed by atoms with E-state index in [1.807, 2.05) is 58.0 Å². The van der Waals surface area contributed by atoms with Crippen molar-refractivity contribution in [2.45, 2.75) is 24.9 Å². The number of hydrogen-bond acceptors (Lipinski definition) is 5. The maximum Gasteiger partial charge on any atom is 0.267 e. The molecule has 3 aromatic rings. The molecule has 1 saturated heterocycles. The lowest BCUT2D eigenvalue weighted by Gasteiger charge is -2.35. The molecule has 2 aliphatic heterocycles. The standard InChI is InChI=1S/C20H20N4O3/c25-20(17-13-26-15-7-1-2-8-16(15)27-17)23-10-5-6-14(12-23)19-22-21-18-9-3-4-11-24(18)19/h1-4,7-9,11,14,17H,5-6,10,12-13H2/t14-,17+/m1/s1. The number of likely N-dealkylation sites (tertiary alicyclic amines) is 1. The van der Waals surface area contributed by atoms with Gasteiger partial charge in [0.25, 0.3) is 5.91 Å². The maximum atomic E-state index is 13.0. The Kier molecular flexibility index (Phi) is 3.92. The number of benzene rings is 1. The molecular weight excluding hydrogens is 344 g/mol. The van der Waals surface area contributed by atoms with E-state index in [4.69, 9.17) is 9.47 Å². The number of ether oxygens (including phenoxy) is 2. The molecule has 2 aliphatic rings. The molecule has 0 bridgehead atoms. The summed E-state index contributed by atoms with van der Waals surface area (Å²) in [4.78, 5) is 14.9. The number of nitrogens with zero attached hydrogens (tertiary/aromatic N) is 4. The fourth-order valence-electron chi connectivity index (χ4n) is 3.87. The third kappa shape index (κ3) is 2.89. The van der Waals surface area contributed by atoms with E-state index in [2.05, 4.69) is 10.2 Å². The summed E-state index contributed by atoms with van der Waals surface area (Å²) in [5.41, 5.74) is 0.830. The van der Waals surface area contributed by atoms with Crippen LogP contribution < -0.4 is 9.47 Å². The Morgan fingerprint density at radius 2 is 1.93 bits per heavy atom. The average Bonchev–Trinajstić information content (AvgIpc) is 3.17. The molecule has 5 rings (SSSR count). The van der Waals surface area contributed by atoms with E-state index in [1.54, 1.807) is 0 Å². The molecule has 0 saturated carbocycles. The Balaban J connectivity index is 1.33. The second-order valence-corrected chi connectivity index (χ2v) is 6.97. The zero-order valence-corrected chi connectivity index (χ0v) is 14.8. The van der Waals surface area contributed by atoms with Crippen LogP contribution >= 0.6 is 0 Å². The lowest BCUT2D eigenvalue weighted by molar-refractivity contribution is -0.142. The van der Waals surface area contributed by atoms with Crippen molar-refractivity contribution in [2.24, 2.45) is 0 Å². The van der Waals surface area contributed by atoms with Gasteiger partial charge in [-0.15, -0.1) is 10.2 Å². The Morgan fingerprint density at radius 1 is 1.07 bits per heavy atom. The zero-order valence-electron chi connectivity index (χ0n) is 14.8. The van der Waals surface area contributed by atoms with Crippen molar-refractivity contribution < 1.29 is 14.3 Å². The lowest BCUT2D eigenvalue weighted by Crippen LogP contribution is -2.49. The van der Waals surface area contributed by atoms with Crippen molar-refractivity contribution in [2.75, 3.05) is 19.7 Å². The minimum atomic E-state index is -0.603. The van der Waals surface area contributed by atoms with Gasteiger partial charge < -0.3 is 14.4 Å². The number of aromatic nitrogens is 3. The van der Waals surface area contributed by atoms with Crippen LogP contribution in [0, 0.1) is 0 Å². The first kappa shape index (κ1) is 16.1. The number of hydrogen-bond donors (Lipinski definition) is 0. The number of amides is 1. The van der Waals surface area contributed by atoms with Crippen LogP contribution in [0.15, 0.2) is 48.7 Å². The predicted molar refractivity (Wildman–Crippen MR) is 97.9 cm³/mol. The van der Waals surface area contributed by atoms with E-state index in [1.165, 1.54) is 0 Å². The first-order valence-electron chi connectivity index (χ1n) is 9.26. The summed E-state index contributed by atoms with van der Waals surface area (Å²) in [5.74, 6) is 2.36. The second kappa shape index (κ2) is 6.57. The Bertz CT molecular complexity index is 986. The summed E-state index contributed by atoms with van der Waals surface area (Å²) >= 11 is 0. The molecule has 2 atom stereocenters. The molecule has 1 fully saturated rings. The van der Waals surface area contributed by atoms with Crippen molar-refractivity contribution >= 4 is 11.6 Å². The van der Waals surface area contributed by atoms with Crippen LogP contribution in [0.25, 0.3) is 5.65 Å². The molecule has 138 valence electrons. The molecule has 1 amide bonds. The van der Waals surface area contributed by atoms with Crippen LogP contribution in [0.1, 0.15) is 24.6 Å². The van der Waals surface area contributed by atoms with Gasteiger partial charge in [-0.1, -0.05) is 18.2 Å². The molecule has 0 N–H and O–H groups in total. The lowest BCUT2D eigenvalue weighted by atomic mass is 9.96. The Labute approximate surface area is 156 Å². The summed E-state index contributed by atoms with van der Waals surface area (Å²) in [6.45, 7) is 1.59. The predicted octanol–water partition coefficient (Wildman–Crippen LogP) is 2.28. The van der Waals surface area contributed by atoms with Crippen molar-refractivity contribution in [1.29, 1.82) is 0 Å². The molecule has 7 heteroatoms. The van der Waals surface area contributed by atoms with Gasteiger partial charge in [-0.3, -0.25) is 9.20 Å². The monoisotopic (exact) mass is 364 g/mol. The van der Waals surface area contributed by atoms with Gasteiger partial charge >= 0.3 is 0 Å². The van der Waals surface area contributed by atoms with E-state index in [0.29, 0.717) is 18.0 Å². The smallest absolute Gasteiger partial charge is 0.267 e. The number of rotatable bonds is 2. The number of carbonyl (C=O) groups excluding carboxylic acids is 1. The second-order valence-electron chi connectivity index (χ2n) is 6.97. The van der Waals surface area contributed by atoms with Gasteiger partial charge in [0.15, 0.2) is 17.1 Å². The molecule has 0 spiro atoms. The molecule has 0 aliphatic carbocycles. The number of para-hydroxylation sites is 2. The summed E-state index contributed by atoms with van der Waals surface area (Å²) < 4.78 is 13.6. The quantitative estimate of drug-likeness (QED) is 0.698. The molecule has 7 nitrogen and oxygen atoms in total. The number of pyridine rings is 1. The van der Waals surface area contributed by atoms with E-state index in [9.17, 15) is 4.79 Å². The third-order valence-electron chi connectivity index (χ3n) is 5.22. The normalized spacial score (nSPS) is 22.0. The fourth-order valence-corrected chi connectivity index (χ4v) is 3.87. The topological polar surface area (TPSA) is 69.0 Å². The van der Waals surface area contributed by atoms with Crippen LogP contribution in [0.5, 0.6) is 11.5 Å². The van der Waals surface area contributed by atoms with Crippen LogP contribution in [0.4, 0.5) is 0 Å². The first-order valence-corrected chi connectivity index (χ1v) is 9.26. The fraction of sp³-hybridized carbons (Fsp3) is 0.350. The molecular formula is C20H20N4O3. The minimum Gasteiger partial charge on any atom is -0.485 e.